The molecule has 0 unspecified atom stereocenters. The molecule has 1 aliphatic rings. The molecule has 28 heavy (non-hydrogen) atoms. The summed E-state index contributed by atoms with van der Waals surface area (Å²) >= 11 is 0. The van der Waals surface area contributed by atoms with E-state index in [-0.39, 0.29) is 6.61 Å². The smallest absolute Gasteiger partial charge is 0.337 e. The third-order valence-electron chi connectivity index (χ3n) is 4.91. The molecule has 2 heterocycles. The number of aryl methyl sites for hydroxylation is 1. The number of hydrogen-bond donors (Lipinski definition) is 1. The van der Waals surface area contributed by atoms with E-state index in [1.54, 1.807) is 14.0 Å². The number of anilines is 1. The van der Waals surface area contributed by atoms with Crippen LogP contribution in [0.25, 0.3) is 0 Å². The predicted molar refractivity (Wildman–Crippen MR) is 107 cm³/mol. The molecule has 0 aliphatic carbocycles. The lowest BCUT2D eigenvalue weighted by atomic mass is 9.82. The number of rotatable bonds is 4. The van der Waals surface area contributed by atoms with E-state index in [9.17, 15) is 14.4 Å². The zero-order chi connectivity index (χ0) is 20.6. The summed E-state index contributed by atoms with van der Waals surface area (Å²) in [5.74, 6) is -0.797. The van der Waals surface area contributed by atoms with Crippen molar-refractivity contribution in [3.05, 3.63) is 85.7 Å². The summed E-state index contributed by atoms with van der Waals surface area (Å²) < 4.78 is 7.73. The van der Waals surface area contributed by atoms with E-state index in [2.05, 4.69) is 11.9 Å². The second kappa shape index (κ2) is 7.34. The number of aromatic nitrogens is 2. The van der Waals surface area contributed by atoms with Crippen molar-refractivity contribution in [3.63, 3.8) is 0 Å². The molecule has 0 fully saturated rings. The maximum Gasteiger partial charge on any atom is 0.337 e. The van der Waals surface area contributed by atoms with Crippen LogP contribution in [0.4, 0.5) is 5.82 Å². The van der Waals surface area contributed by atoms with Gasteiger partial charge in [-0.05, 0) is 19.4 Å². The van der Waals surface area contributed by atoms with Crippen LogP contribution in [0.5, 0.6) is 0 Å². The van der Waals surface area contributed by atoms with Crippen molar-refractivity contribution in [1.82, 2.24) is 9.13 Å². The Morgan fingerprint density at radius 1 is 1.25 bits per heavy atom. The second-order valence-corrected chi connectivity index (χ2v) is 6.87. The number of carbonyl (C=O) groups is 1. The van der Waals surface area contributed by atoms with Crippen LogP contribution >= 0.6 is 0 Å². The quantitative estimate of drug-likeness (QED) is 0.647. The number of carbonyl (C=O) groups excluding carboxylic acids is 1. The molecule has 146 valence electrons. The number of hydrogen-bond acceptors (Lipinski definition) is 5. The van der Waals surface area contributed by atoms with Gasteiger partial charge in [0.05, 0.1) is 17.1 Å². The van der Waals surface area contributed by atoms with Crippen LogP contribution in [0.3, 0.4) is 0 Å². The monoisotopic (exact) mass is 381 g/mol. The molecule has 7 heteroatoms. The van der Waals surface area contributed by atoms with Gasteiger partial charge in [0, 0.05) is 19.8 Å². The summed E-state index contributed by atoms with van der Waals surface area (Å²) in [4.78, 5) is 38.3. The minimum atomic E-state index is -0.654. The van der Waals surface area contributed by atoms with Crippen molar-refractivity contribution in [2.75, 3.05) is 11.9 Å². The molecule has 2 aromatic rings. The summed E-state index contributed by atoms with van der Waals surface area (Å²) in [6, 6.07) is 7.61. The lowest BCUT2D eigenvalue weighted by Crippen LogP contribution is -2.43. The summed E-state index contributed by atoms with van der Waals surface area (Å²) in [5.41, 5.74) is 2.11. The number of ether oxygens (including phenoxy) is 1. The zero-order valence-corrected chi connectivity index (χ0v) is 16.4. The van der Waals surface area contributed by atoms with Crippen LogP contribution < -0.4 is 16.6 Å². The molecule has 1 aromatic heterocycles. The standard InChI is InChI=1S/C21H23N3O4/c1-6-10-28-20(26)15-13(3)22-18-17(19(25)24(5)21(27)23(18)4)16(15)14-9-7-8-12(2)11-14/h6-9,11,16,22H,1,10H2,2-5H3/t16-/m0/s1. The second-order valence-electron chi connectivity index (χ2n) is 6.87. The molecule has 0 bridgehead atoms. The first kappa shape index (κ1) is 19.4. The Labute approximate surface area is 162 Å². The van der Waals surface area contributed by atoms with Crippen LogP contribution in [0.2, 0.25) is 0 Å². The SMILES string of the molecule is C=CCOC(=O)C1=C(C)Nc2c(c(=O)n(C)c(=O)n2C)[C@H]1c1cccc(C)c1. The van der Waals surface area contributed by atoms with Crippen molar-refractivity contribution in [3.8, 4) is 0 Å². The molecule has 0 radical (unpaired) electrons. The van der Waals surface area contributed by atoms with Gasteiger partial charge in [-0.3, -0.25) is 13.9 Å². The lowest BCUT2D eigenvalue weighted by Gasteiger charge is -2.31. The first-order valence-corrected chi connectivity index (χ1v) is 8.90. The highest BCUT2D eigenvalue weighted by atomic mass is 16.5. The van der Waals surface area contributed by atoms with Crippen LogP contribution in [-0.2, 0) is 23.6 Å². The highest BCUT2D eigenvalue weighted by molar-refractivity contribution is 5.94. The van der Waals surface area contributed by atoms with Crippen molar-refractivity contribution < 1.29 is 9.53 Å². The maximum atomic E-state index is 13.1. The number of nitrogens with one attached hydrogen (secondary N) is 1. The third-order valence-corrected chi connectivity index (χ3v) is 4.91. The number of benzene rings is 1. The summed E-state index contributed by atoms with van der Waals surface area (Å²) in [6.45, 7) is 7.31. The highest BCUT2D eigenvalue weighted by Gasteiger charge is 2.37. The molecule has 0 saturated heterocycles. The molecule has 1 atom stereocenters. The topological polar surface area (TPSA) is 82.3 Å². The van der Waals surface area contributed by atoms with Crippen LogP contribution in [-0.4, -0.2) is 21.7 Å². The van der Waals surface area contributed by atoms with Crippen molar-refractivity contribution in [2.45, 2.75) is 19.8 Å². The fourth-order valence-electron chi connectivity index (χ4n) is 3.55. The minimum absolute atomic E-state index is 0.0638. The van der Waals surface area contributed by atoms with Gasteiger partial charge in [-0.2, -0.15) is 0 Å². The Morgan fingerprint density at radius 2 is 1.96 bits per heavy atom. The van der Waals surface area contributed by atoms with Gasteiger partial charge in [0.25, 0.3) is 5.56 Å². The maximum absolute atomic E-state index is 13.1. The molecule has 7 nitrogen and oxygen atoms in total. The van der Waals surface area contributed by atoms with Crippen LogP contribution in [0.1, 0.15) is 29.5 Å². The fraction of sp³-hybridized carbons (Fsp3) is 0.286. The normalized spacial score (nSPS) is 15.6. The molecular weight excluding hydrogens is 358 g/mol. The Kier molecular flexibility index (Phi) is 5.09. The largest absolute Gasteiger partial charge is 0.458 e. The van der Waals surface area contributed by atoms with E-state index in [0.717, 1.165) is 15.7 Å². The van der Waals surface area contributed by atoms with Gasteiger partial charge in [-0.15, -0.1) is 0 Å². The zero-order valence-electron chi connectivity index (χ0n) is 16.4. The average Bonchev–Trinajstić information content (AvgIpc) is 2.67. The summed E-state index contributed by atoms with van der Waals surface area (Å²) in [7, 11) is 3.02. The fourth-order valence-corrected chi connectivity index (χ4v) is 3.55. The van der Waals surface area contributed by atoms with E-state index in [0.29, 0.717) is 22.7 Å². The third kappa shape index (κ3) is 3.09. The highest BCUT2D eigenvalue weighted by Crippen LogP contribution is 2.40. The molecule has 1 aromatic carbocycles. The van der Waals surface area contributed by atoms with Crippen molar-refractivity contribution in [1.29, 1.82) is 0 Å². The van der Waals surface area contributed by atoms with Gasteiger partial charge in [0.15, 0.2) is 0 Å². The molecule has 1 N–H and O–H groups in total. The number of fused-ring (bicyclic) bond motifs is 1. The Balaban J connectivity index is 2.35. The van der Waals surface area contributed by atoms with Gasteiger partial charge >= 0.3 is 11.7 Å². The van der Waals surface area contributed by atoms with Gasteiger partial charge in [-0.1, -0.05) is 42.5 Å². The Morgan fingerprint density at radius 3 is 2.61 bits per heavy atom. The first-order chi connectivity index (χ1) is 13.3. The predicted octanol–water partition coefficient (Wildman–Crippen LogP) is 1.95. The lowest BCUT2D eigenvalue weighted by molar-refractivity contribution is -0.138. The Hall–Kier alpha value is -3.35. The van der Waals surface area contributed by atoms with Crippen molar-refractivity contribution in [2.24, 2.45) is 14.1 Å². The van der Waals surface area contributed by atoms with E-state index >= 15 is 0 Å². The molecule has 1 aliphatic heterocycles. The van der Waals surface area contributed by atoms with Gasteiger partial charge in [0.2, 0.25) is 0 Å². The first-order valence-electron chi connectivity index (χ1n) is 8.90. The molecular formula is C21H23N3O4. The molecule has 0 spiro atoms. The van der Waals surface area contributed by atoms with Gasteiger partial charge in [0.1, 0.15) is 12.4 Å². The molecule has 3 rings (SSSR count). The summed E-state index contributed by atoms with van der Waals surface area (Å²) in [6.07, 6.45) is 1.49. The van der Waals surface area contributed by atoms with Crippen LogP contribution in [0.15, 0.2) is 57.8 Å². The minimum Gasteiger partial charge on any atom is -0.458 e. The molecule has 0 saturated carbocycles. The van der Waals surface area contributed by atoms with E-state index in [1.807, 2.05) is 31.2 Å². The number of nitrogens with zero attached hydrogens (tertiary/aromatic N) is 2. The molecule has 0 amide bonds. The van der Waals surface area contributed by atoms with Gasteiger partial charge in [-0.25, -0.2) is 9.59 Å². The van der Waals surface area contributed by atoms with E-state index in [1.165, 1.54) is 17.7 Å². The number of esters is 1. The van der Waals surface area contributed by atoms with E-state index in [4.69, 9.17) is 4.74 Å². The van der Waals surface area contributed by atoms with E-state index < -0.39 is 23.1 Å². The van der Waals surface area contributed by atoms with Crippen LogP contribution in [0, 0.1) is 6.92 Å². The Bertz CT molecular complexity index is 1120. The number of allylic oxidation sites excluding steroid dienone is 1. The summed E-state index contributed by atoms with van der Waals surface area (Å²) in [5, 5.41) is 3.06. The average molecular weight is 381 g/mol. The van der Waals surface area contributed by atoms with Crippen molar-refractivity contribution >= 4 is 11.8 Å². The van der Waals surface area contributed by atoms with Gasteiger partial charge < -0.3 is 10.1 Å².